The van der Waals surface area contributed by atoms with E-state index in [1.807, 2.05) is 36.4 Å². The lowest BCUT2D eigenvalue weighted by Gasteiger charge is -2.18. The molecule has 168 valence electrons. The lowest BCUT2D eigenvalue weighted by molar-refractivity contribution is 0.0951. The van der Waals surface area contributed by atoms with Gasteiger partial charge in [0.1, 0.15) is 17.3 Å². The Morgan fingerprint density at radius 1 is 1.00 bits per heavy atom. The van der Waals surface area contributed by atoms with E-state index >= 15 is 0 Å². The molecule has 0 bridgehead atoms. The summed E-state index contributed by atoms with van der Waals surface area (Å²) in [6.07, 6.45) is 0.984. The Balaban J connectivity index is 1.57. The summed E-state index contributed by atoms with van der Waals surface area (Å²) in [5.41, 5.74) is 9.37. The Labute approximate surface area is 189 Å². The number of nitrogens with zero attached hydrogens (tertiary/aromatic N) is 1. The Morgan fingerprint density at radius 3 is 2.41 bits per heavy atom. The number of aromatic nitrogens is 1. The summed E-state index contributed by atoms with van der Waals surface area (Å²) >= 11 is 0. The molecule has 0 saturated carbocycles. The van der Waals surface area contributed by atoms with Crippen LogP contribution >= 0.6 is 0 Å². The van der Waals surface area contributed by atoms with E-state index in [0.717, 1.165) is 23.5 Å². The molecule has 3 N–H and O–H groups in total. The number of nitrogen functional groups attached to an aromatic ring is 1. The van der Waals surface area contributed by atoms with Crippen LogP contribution in [-0.2, 0) is 24.3 Å². The predicted molar refractivity (Wildman–Crippen MR) is 127 cm³/mol. The van der Waals surface area contributed by atoms with Crippen molar-refractivity contribution < 1.29 is 14.3 Å². The van der Waals surface area contributed by atoms with Crippen LogP contribution in [0.1, 0.15) is 48.0 Å². The third-order valence-electron chi connectivity index (χ3n) is 4.76. The van der Waals surface area contributed by atoms with E-state index in [4.69, 9.17) is 15.2 Å². The quantitative estimate of drug-likeness (QED) is 0.515. The summed E-state index contributed by atoms with van der Waals surface area (Å²) in [4.78, 5) is 16.7. The van der Waals surface area contributed by atoms with Gasteiger partial charge in [0.15, 0.2) is 0 Å². The molecule has 0 aliphatic rings. The minimum atomic E-state index is -0.269. The SMILES string of the molecule is COCc1ccc(C(=O)NCc2ccc(Oc3cccc(CC(C)(C)C)c3)cc2)c(N)n1. The van der Waals surface area contributed by atoms with Crippen LogP contribution in [0, 0.1) is 5.41 Å². The summed E-state index contributed by atoms with van der Waals surface area (Å²) in [5, 5.41) is 2.87. The molecule has 0 radical (unpaired) electrons. The zero-order valence-corrected chi connectivity index (χ0v) is 19.1. The van der Waals surface area contributed by atoms with Gasteiger partial charge in [-0.2, -0.15) is 0 Å². The molecule has 0 atom stereocenters. The number of rotatable bonds is 8. The molecule has 0 fully saturated rings. The number of pyridine rings is 1. The molecule has 1 heterocycles. The number of carbonyl (C=O) groups excluding carboxylic acids is 1. The monoisotopic (exact) mass is 433 g/mol. The maximum absolute atomic E-state index is 12.5. The number of benzene rings is 2. The first-order valence-electron chi connectivity index (χ1n) is 10.6. The average Bonchev–Trinajstić information content (AvgIpc) is 2.72. The first-order valence-corrected chi connectivity index (χ1v) is 10.6. The summed E-state index contributed by atoms with van der Waals surface area (Å²) in [7, 11) is 1.58. The van der Waals surface area contributed by atoms with E-state index in [0.29, 0.717) is 24.4 Å². The first kappa shape index (κ1) is 23.3. The predicted octanol–water partition coefficient (Wildman–Crippen LogP) is 5.12. The highest BCUT2D eigenvalue weighted by atomic mass is 16.5. The smallest absolute Gasteiger partial charge is 0.255 e. The molecule has 3 rings (SSSR count). The number of carbonyl (C=O) groups is 1. The molecule has 1 aromatic heterocycles. The van der Waals surface area contributed by atoms with Gasteiger partial charge >= 0.3 is 0 Å². The molecule has 1 amide bonds. The maximum Gasteiger partial charge on any atom is 0.255 e. The standard InChI is InChI=1S/C26H31N3O3/c1-26(2,3)15-19-6-5-7-22(14-19)32-21-11-8-18(9-12-21)16-28-25(30)23-13-10-20(17-31-4)29-24(23)27/h5-14H,15-17H2,1-4H3,(H2,27,29)(H,28,30). The van der Waals surface area contributed by atoms with Gasteiger partial charge in [-0.25, -0.2) is 4.98 Å². The van der Waals surface area contributed by atoms with Crippen LogP contribution in [0.25, 0.3) is 0 Å². The zero-order chi connectivity index (χ0) is 23.1. The van der Waals surface area contributed by atoms with Crippen molar-refractivity contribution in [2.45, 2.75) is 40.3 Å². The molecule has 3 aromatic rings. The summed E-state index contributed by atoms with van der Waals surface area (Å²) in [6.45, 7) is 7.39. The lowest BCUT2D eigenvalue weighted by Crippen LogP contribution is -2.24. The maximum atomic E-state index is 12.5. The fourth-order valence-electron chi connectivity index (χ4n) is 3.36. The van der Waals surface area contributed by atoms with Gasteiger partial charge in [-0.1, -0.05) is 45.0 Å². The zero-order valence-electron chi connectivity index (χ0n) is 19.1. The van der Waals surface area contributed by atoms with Gasteiger partial charge < -0.3 is 20.5 Å². The van der Waals surface area contributed by atoms with Gasteiger partial charge in [0.25, 0.3) is 5.91 Å². The number of ether oxygens (including phenoxy) is 2. The highest BCUT2D eigenvalue weighted by Gasteiger charge is 2.13. The minimum absolute atomic E-state index is 0.189. The molecule has 0 saturated heterocycles. The number of nitrogens with two attached hydrogens (primary N) is 1. The number of nitrogens with one attached hydrogen (secondary N) is 1. The summed E-state index contributed by atoms with van der Waals surface area (Å²) in [5.74, 6) is 1.48. The number of hydrogen-bond donors (Lipinski definition) is 2. The Hall–Kier alpha value is -3.38. The van der Waals surface area contributed by atoms with Crippen LogP contribution in [-0.4, -0.2) is 18.0 Å². The number of hydrogen-bond acceptors (Lipinski definition) is 5. The molecule has 0 unspecified atom stereocenters. The summed E-state index contributed by atoms with van der Waals surface area (Å²) in [6, 6.07) is 19.2. The Kier molecular flexibility index (Phi) is 7.49. The van der Waals surface area contributed by atoms with Crippen molar-refractivity contribution >= 4 is 11.7 Å². The highest BCUT2D eigenvalue weighted by molar-refractivity contribution is 5.98. The fourth-order valence-corrected chi connectivity index (χ4v) is 3.36. The van der Waals surface area contributed by atoms with Crippen molar-refractivity contribution in [1.82, 2.24) is 10.3 Å². The van der Waals surface area contributed by atoms with Crippen LogP contribution in [0.5, 0.6) is 11.5 Å². The van der Waals surface area contributed by atoms with Crippen LogP contribution in [0.2, 0.25) is 0 Å². The van der Waals surface area contributed by atoms with Gasteiger partial charge in [-0.3, -0.25) is 4.79 Å². The van der Waals surface area contributed by atoms with E-state index < -0.39 is 0 Å². The molecule has 0 spiro atoms. The average molecular weight is 434 g/mol. The van der Waals surface area contributed by atoms with Crippen LogP contribution in [0.3, 0.4) is 0 Å². The number of anilines is 1. The van der Waals surface area contributed by atoms with Crippen molar-refractivity contribution in [3.8, 4) is 11.5 Å². The first-order chi connectivity index (χ1) is 15.2. The van der Waals surface area contributed by atoms with Crippen LogP contribution < -0.4 is 15.8 Å². The number of amides is 1. The second kappa shape index (κ2) is 10.3. The molecule has 0 aliphatic carbocycles. The van der Waals surface area contributed by atoms with Gasteiger partial charge in [-0.05, 0) is 59.4 Å². The third kappa shape index (κ3) is 6.82. The normalized spacial score (nSPS) is 11.2. The van der Waals surface area contributed by atoms with Gasteiger partial charge in [0.2, 0.25) is 0 Å². The van der Waals surface area contributed by atoms with Gasteiger partial charge in [0, 0.05) is 13.7 Å². The Morgan fingerprint density at radius 2 is 1.75 bits per heavy atom. The van der Waals surface area contributed by atoms with E-state index in [1.165, 1.54) is 5.56 Å². The highest BCUT2D eigenvalue weighted by Crippen LogP contribution is 2.26. The summed E-state index contributed by atoms with van der Waals surface area (Å²) < 4.78 is 11.0. The van der Waals surface area contributed by atoms with Crippen molar-refractivity contribution in [3.05, 3.63) is 83.0 Å². The Bertz CT molecular complexity index is 1060. The molecule has 2 aromatic carbocycles. The van der Waals surface area contributed by atoms with Crippen molar-refractivity contribution in [2.24, 2.45) is 5.41 Å². The molecule has 6 heteroatoms. The fraction of sp³-hybridized carbons (Fsp3) is 0.308. The third-order valence-corrected chi connectivity index (χ3v) is 4.76. The number of methoxy groups -OCH3 is 1. The largest absolute Gasteiger partial charge is 0.457 e. The van der Waals surface area contributed by atoms with Crippen molar-refractivity contribution in [1.29, 1.82) is 0 Å². The van der Waals surface area contributed by atoms with E-state index in [9.17, 15) is 4.79 Å². The van der Waals surface area contributed by atoms with Crippen molar-refractivity contribution in [3.63, 3.8) is 0 Å². The molecule has 6 nitrogen and oxygen atoms in total. The second-order valence-corrected chi connectivity index (χ2v) is 8.98. The topological polar surface area (TPSA) is 86.5 Å². The molecule has 0 aliphatic heterocycles. The van der Waals surface area contributed by atoms with E-state index in [2.05, 4.69) is 43.2 Å². The van der Waals surface area contributed by atoms with E-state index in [-0.39, 0.29) is 17.1 Å². The molecular formula is C26H31N3O3. The second-order valence-electron chi connectivity index (χ2n) is 8.98. The van der Waals surface area contributed by atoms with E-state index in [1.54, 1.807) is 19.2 Å². The van der Waals surface area contributed by atoms with Gasteiger partial charge in [0.05, 0.1) is 17.9 Å². The molecular weight excluding hydrogens is 402 g/mol. The van der Waals surface area contributed by atoms with Crippen molar-refractivity contribution in [2.75, 3.05) is 12.8 Å². The lowest BCUT2D eigenvalue weighted by atomic mass is 9.88. The van der Waals surface area contributed by atoms with Crippen LogP contribution in [0.15, 0.2) is 60.7 Å². The van der Waals surface area contributed by atoms with Gasteiger partial charge in [-0.15, -0.1) is 0 Å². The molecule has 32 heavy (non-hydrogen) atoms. The van der Waals surface area contributed by atoms with Crippen LogP contribution in [0.4, 0.5) is 5.82 Å². The minimum Gasteiger partial charge on any atom is -0.457 e.